The van der Waals surface area contributed by atoms with Crippen molar-refractivity contribution in [1.29, 1.82) is 0 Å². The van der Waals surface area contributed by atoms with Crippen molar-refractivity contribution in [2.75, 3.05) is 6.61 Å². The van der Waals surface area contributed by atoms with Crippen molar-refractivity contribution in [3.05, 3.63) is 89.5 Å². The molecule has 2 aliphatic carbocycles. The van der Waals surface area contributed by atoms with Gasteiger partial charge in [0.2, 0.25) is 0 Å². The molecule has 2 atom stereocenters. The zero-order valence-corrected chi connectivity index (χ0v) is 23.8. The Bertz CT molecular complexity index is 1250. The summed E-state index contributed by atoms with van der Waals surface area (Å²) in [5.74, 6) is 6.88. The second-order valence-corrected chi connectivity index (χ2v) is 12.2. The predicted molar refractivity (Wildman–Crippen MR) is 157 cm³/mol. The van der Waals surface area contributed by atoms with Crippen LogP contribution in [0, 0.1) is 17.3 Å². The van der Waals surface area contributed by atoms with Crippen LogP contribution in [0.25, 0.3) is 0 Å². The fourth-order valence-corrected chi connectivity index (χ4v) is 5.58. The maximum Gasteiger partial charge on any atom is 0.344 e. The van der Waals surface area contributed by atoms with Gasteiger partial charge < -0.3 is 14.6 Å². The molecule has 0 saturated heterocycles. The zero-order chi connectivity index (χ0) is 27.9. The van der Waals surface area contributed by atoms with Gasteiger partial charge in [-0.1, -0.05) is 73.8 Å². The van der Waals surface area contributed by atoms with E-state index in [9.17, 15) is 9.90 Å². The summed E-state index contributed by atoms with van der Waals surface area (Å²) < 4.78 is 11.1. The quantitative estimate of drug-likeness (QED) is 0.227. The number of rotatable bonds is 8. The number of aliphatic hydroxyl groups is 1. The van der Waals surface area contributed by atoms with Crippen LogP contribution in [0.3, 0.4) is 0 Å². The number of aliphatic hydroxyl groups excluding tert-OH is 1. The lowest BCUT2D eigenvalue weighted by Crippen LogP contribution is -2.40. The lowest BCUT2D eigenvalue weighted by Gasteiger charge is -2.43. The molecular formula is C35H42O4. The van der Waals surface area contributed by atoms with Gasteiger partial charge in [-0.25, -0.2) is 4.79 Å². The van der Waals surface area contributed by atoms with Gasteiger partial charge in [0.15, 0.2) is 6.61 Å². The first-order valence-electron chi connectivity index (χ1n) is 14.1. The summed E-state index contributed by atoms with van der Waals surface area (Å²) in [7, 11) is 0. The highest BCUT2D eigenvalue weighted by atomic mass is 16.6. The topological polar surface area (TPSA) is 55.8 Å². The van der Waals surface area contributed by atoms with E-state index in [2.05, 4.69) is 43.0 Å². The molecule has 0 radical (unpaired) electrons. The molecule has 2 aromatic rings. The minimum Gasteiger partial charge on any atom is -0.482 e. The molecule has 206 valence electrons. The number of aryl methyl sites for hydroxylation is 1. The van der Waals surface area contributed by atoms with Gasteiger partial charge >= 0.3 is 5.97 Å². The van der Waals surface area contributed by atoms with Crippen LogP contribution < -0.4 is 4.74 Å². The lowest BCUT2D eigenvalue weighted by molar-refractivity contribution is -0.157. The Kier molecular flexibility index (Phi) is 9.03. The summed E-state index contributed by atoms with van der Waals surface area (Å²) in [6, 6.07) is 16.1. The van der Waals surface area contributed by atoms with E-state index in [-0.39, 0.29) is 23.4 Å². The third kappa shape index (κ3) is 7.64. The molecule has 0 amide bonds. The Morgan fingerprint density at radius 3 is 2.54 bits per heavy atom. The number of esters is 1. The summed E-state index contributed by atoms with van der Waals surface area (Å²) in [5.41, 5.74) is 2.80. The van der Waals surface area contributed by atoms with Gasteiger partial charge in [0.25, 0.3) is 0 Å². The van der Waals surface area contributed by atoms with Crippen molar-refractivity contribution >= 4 is 5.97 Å². The van der Waals surface area contributed by atoms with E-state index in [1.54, 1.807) is 0 Å². The number of carbonyl (C=O) groups is 1. The molecule has 0 bridgehead atoms. The van der Waals surface area contributed by atoms with Gasteiger partial charge in [0.05, 0.1) is 6.10 Å². The number of ether oxygens (including phenoxy) is 2. The molecule has 0 spiro atoms. The summed E-state index contributed by atoms with van der Waals surface area (Å²) in [4.78, 5) is 12.0. The fourth-order valence-electron chi connectivity index (χ4n) is 5.58. The average molecular weight is 527 g/mol. The van der Waals surface area contributed by atoms with Crippen molar-refractivity contribution in [1.82, 2.24) is 0 Å². The standard InChI is InChI=1S/C35H42O4/c1-33(2,3)39-32(37)26-38-29-18-19-30-28(25-29)16-11-21-34(30,4)20-9-8-17-31(36)35(23-12-24-35)22-10-15-27-13-6-5-7-14-27/h5-9,13-14,17-20,25,31,36H,11-12,16,21-24,26H2,1-4H3/b17-8+,20-9+. The highest BCUT2D eigenvalue weighted by molar-refractivity contribution is 5.71. The maximum atomic E-state index is 12.0. The van der Waals surface area contributed by atoms with Gasteiger partial charge in [0.1, 0.15) is 11.4 Å². The average Bonchev–Trinajstić information content (AvgIpc) is 2.86. The van der Waals surface area contributed by atoms with Crippen LogP contribution >= 0.6 is 0 Å². The van der Waals surface area contributed by atoms with E-state index in [1.807, 2.05) is 69.3 Å². The van der Waals surface area contributed by atoms with Gasteiger partial charge in [-0.3, -0.25) is 0 Å². The first kappa shape index (κ1) is 28.7. The third-order valence-corrected chi connectivity index (χ3v) is 7.90. The summed E-state index contributed by atoms with van der Waals surface area (Å²) >= 11 is 0. The summed E-state index contributed by atoms with van der Waals surface area (Å²) in [6.45, 7) is 7.71. The van der Waals surface area contributed by atoms with Crippen LogP contribution in [-0.2, 0) is 21.4 Å². The number of benzene rings is 2. The first-order chi connectivity index (χ1) is 18.6. The highest BCUT2D eigenvalue weighted by Gasteiger charge is 2.41. The molecule has 4 heteroatoms. The van der Waals surface area contributed by atoms with Crippen molar-refractivity contribution in [2.24, 2.45) is 5.41 Å². The molecule has 0 aromatic heterocycles. The van der Waals surface area contributed by atoms with Crippen LogP contribution in [-0.4, -0.2) is 29.4 Å². The molecule has 2 aliphatic rings. The van der Waals surface area contributed by atoms with Crippen LogP contribution in [0.1, 0.15) is 82.9 Å². The molecule has 2 unspecified atom stereocenters. The van der Waals surface area contributed by atoms with E-state index >= 15 is 0 Å². The molecule has 1 fully saturated rings. The molecular weight excluding hydrogens is 484 g/mol. The van der Waals surface area contributed by atoms with Gasteiger partial charge in [-0.2, -0.15) is 0 Å². The van der Waals surface area contributed by atoms with E-state index in [1.165, 1.54) is 11.1 Å². The van der Waals surface area contributed by atoms with E-state index in [0.717, 1.165) is 44.1 Å². The SMILES string of the molecule is CC(C)(C)OC(=O)COc1ccc2c(c1)CCCC2(C)/C=C/C=C/C(O)C1(CC#Cc2ccccc2)CCC1. The number of carbonyl (C=O) groups excluding carboxylic acids is 1. The zero-order valence-electron chi connectivity index (χ0n) is 23.8. The Morgan fingerprint density at radius 2 is 1.85 bits per heavy atom. The first-order valence-corrected chi connectivity index (χ1v) is 14.1. The summed E-state index contributed by atoms with van der Waals surface area (Å²) in [6.07, 6.45) is 14.7. The Labute approximate surface area is 234 Å². The van der Waals surface area contributed by atoms with Crippen molar-refractivity contribution < 1.29 is 19.4 Å². The normalized spacial score (nSPS) is 20.9. The van der Waals surface area contributed by atoms with Crippen molar-refractivity contribution in [3.63, 3.8) is 0 Å². The summed E-state index contributed by atoms with van der Waals surface area (Å²) in [5, 5.41) is 11.0. The number of fused-ring (bicyclic) bond motifs is 1. The number of allylic oxidation sites excluding steroid dienone is 3. The molecule has 4 nitrogen and oxygen atoms in total. The largest absolute Gasteiger partial charge is 0.482 e. The second-order valence-electron chi connectivity index (χ2n) is 12.2. The van der Waals surface area contributed by atoms with Crippen LogP contribution in [0.4, 0.5) is 0 Å². The minimum absolute atomic E-state index is 0.0954. The Balaban J connectivity index is 1.37. The van der Waals surface area contributed by atoms with Gasteiger partial charge in [-0.05, 0) is 88.3 Å². The minimum atomic E-state index is -0.524. The molecule has 1 saturated carbocycles. The second kappa shape index (κ2) is 12.3. The molecule has 2 aromatic carbocycles. The van der Waals surface area contributed by atoms with E-state index < -0.39 is 11.7 Å². The molecule has 1 N–H and O–H groups in total. The van der Waals surface area contributed by atoms with Gasteiger partial charge in [0, 0.05) is 22.8 Å². The molecule has 39 heavy (non-hydrogen) atoms. The van der Waals surface area contributed by atoms with Crippen LogP contribution in [0.15, 0.2) is 72.8 Å². The number of hydrogen-bond donors (Lipinski definition) is 1. The molecule has 0 heterocycles. The lowest BCUT2D eigenvalue weighted by atomic mass is 9.63. The fraction of sp³-hybridized carbons (Fsp3) is 0.457. The van der Waals surface area contributed by atoms with E-state index in [4.69, 9.17) is 9.47 Å². The van der Waals surface area contributed by atoms with Crippen molar-refractivity contribution in [2.45, 2.75) is 89.8 Å². The predicted octanol–water partition coefficient (Wildman–Crippen LogP) is 7.09. The molecule has 4 rings (SSSR count). The highest BCUT2D eigenvalue weighted by Crippen LogP contribution is 2.47. The third-order valence-electron chi connectivity index (χ3n) is 7.90. The van der Waals surface area contributed by atoms with Crippen LogP contribution in [0.5, 0.6) is 5.75 Å². The Hall–Kier alpha value is -3.29. The monoisotopic (exact) mass is 526 g/mol. The molecule has 0 aliphatic heterocycles. The Morgan fingerprint density at radius 1 is 1.08 bits per heavy atom. The van der Waals surface area contributed by atoms with Crippen molar-refractivity contribution in [3.8, 4) is 17.6 Å². The maximum absolute atomic E-state index is 12.0. The smallest absolute Gasteiger partial charge is 0.344 e. The van der Waals surface area contributed by atoms with Gasteiger partial charge in [-0.15, -0.1) is 0 Å². The van der Waals surface area contributed by atoms with E-state index in [0.29, 0.717) is 12.2 Å². The number of hydrogen-bond acceptors (Lipinski definition) is 4. The van der Waals surface area contributed by atoms with Crippen LogP contribution in [0.2, 0.25) is 0 Å².